The Balaban J connectivity index is 1.58. The number of nitrogens with zero attached hydrogens (tertiary/aromatic N) is 3. The minimum atomic E-state index is -0.394. The summed E-state index contributed by atoms with van der Waals surface area (Å²) in [5.74, 6) is 0.917. The number of hydrogen-bond donors (Lipinski definition) is 1. The molecule has 4 aromatic rings. The van der Waals surface area contributed by atoms with E-state index in [0.717, 1.165) is 33.5 Å². The smallest absolute Gasteiger partial charge is 0.322 e. The fourth-order valence-corrected chi connectivity index (χ4v) is 4.17. The first-order chi connectivity index (χ1) is 16.5. The van der Waals surface area contributed by atoms with E-state index in [1.54, 1.807) is 4.90 Å². The molecule has 34 heavy (non-hydrogen) atoms. The van der Waals surface area contributed by atoms with E-state index in [4.69, 9.17) is 9.51 Å². The number of benzene rings is 3. The number of allylic oxidation sites excluding steroid dienone is 1. The Morgan fingerprint density at radius 2 is 1.53 bits per heavy atom. The van der Waals surface area contributed by atoms with Crippen LogP contribution in [0.3, 0.4) is 0 Å². The molecule has 5 rings (SSSR count). The van der Waals surface area contributed by atoms with Gasteiger partial charge in [0.1, 0.15) is 0 Å². The van der Waals surface area contributed by atoms with Gasteiger partial charge in [-0.05, 0) is 31.9 Å². The number of carbonyl (C=O) groups excluding carboxylic acids is 1. The predicted molar refractivity (Wildman–Crippen MR) is 132 cm³/mol. The van der Waals surface area contributed by atoms with Gasteiger partial charge < -0.3 is 9.84 Å². The molecule has 0 radical (unpaired) electrons. The molecule has 6 heteroatoms. The largest absolute Gasteiger partial charge is 0.334 e. The Bertz CT molecular complexity index is 1340. The first-order valence-corrected chi connectivity index (χ1v) is 11.3. The second-order valence-electron chi connectivity index (χ2n) is 8.65. The SMILES string of the molecule is CC1=C(c2nc(-c3ccc(C)cc3)no2)C(c2ccccc2)NC(=O)N1Cc1ccc(C)cc1. The molecule has 1 atom stereocenters. The van der Waals surface area contributed by atoms with Crippen molar-refractivity contribution >= 4 is 11.6 Å². The number of urea groups is 1. The molecule has 0 fully saturated rings. The third kappa shape index (κ3) is 4.22. The maximum atomic E-state index is 13.2. The molecular weight excluding hydrogens is 424 g/mol. The summed E-state index contributed by atoms with van der Waals surface area (Å²) in [6.45, 7) is 6.47. The Hall–Kier alpha value is -4.19. The molecular formula is C28H26N4O2. The van der Waals surface area contributed by atoms with E-state index in [1.807, 2.05) is 87.5 Å². The van der Waals surface area contributed by atoms with E-state index in [2.05, 4.69) is 22.6 Å². The normalized spacial score (nSPS) is 16.0. The van der Waals surface area contributed by atoms with Crippen LogP contribution in [0.2, 0.25) is 0 Å². The quantitative estimate of drug-likeness (QED) is 0.402. The molecule has 1 aliphatic rings. The van der Waals surface area contributed by atoms with Crippen molar-refractivity contribution in [3.05, 3.63) is 113 Å². The van der Waals surface area contributed by atoms with Crippen LogP contribution in [0.5, 0.6) is 0 Å². The molecule has 0 saturated heterocycles. The summed E-state index contributed by atoms with van der Waals surface area (Å²) >= 11 is 0. The van der Waals surface area contributed by atoms with Gasteiger partial charge in [-0.1, -0.05) is 95.1 Å². The van der Waals surface area contributed by atoms with Crippen LogP contribution in [-0.4, -0.2) is 21.1 Å². The first-order valence-electron chi connectivity index (χ1n) is 11.3. The Kier molecular flexibility index (Phi) is 5.72. The van der Waals surface area contributed by atoms with Crippen LogP contribution in [0.1, 0.15) is 41.1 Å². The highest BCUT2D eigenvalue weighted by Crippen LogP contribution is 2.37. The summed E-state index contributed by atoms with van der Waals surface area (Å²) in [7, 11) is 0. The van der Waals surface area contributed by atoms with Crippen molar-refractivity contribution in [2.75, 3.05) is 0 Å². The molecule has 1 aliphatic heterocycles. The van der Waals surface area contributed by atoms with Crippen molar-refractivity contribution < 1.29 is 9.32 Å². The average molecular weight is 451 g/mol. The Morgan fingerprint density at radius 1 is 0.882 bits per heavy atom. The van der Waals surface area contributed by atoms with Gasteiger partial charge in [-0.3, -0.25) is 4.90 Å². The van der Waals surface area contributed by atoms with Crippen molar-refractivity contribution in [1.82, 2.24) is 20.4 Å². The van der Waals surface area contributed by atoms with Crippen molar-refractivity contribution in [2.24, 2.45) is 0 Å². The van der Waals surface area contributed by atoms with Gasteiger partial charge in [0, 0.05) is 11.3 Å². The van der Waals surface area contributed by atoms with Gasteiger partial charge in [-0.15, -0.1) is 0 Å². The van der Waals surface area contributed by atoms with Crippen LogP contribution in [0.25, 0.3) is 17.0 Å². The van der Waals surface area contributed by atoms with Crippen molar-refractivity contribution in [2.45, 2.75) is 33.4 Å². The van der Waals surface area contributed by atoms with E-state index >= 15 is 0 Å². The minimum Gasteiger partial charge on any atom is -0.334 e. The summed E-state index contributed by atoms with van der Waals surface area (Å²) in [4.78, 5) is 19.7. The molecule has 2 heterocycles. The average Bonchev–Trinajstić information content (AvgIpc) is 3.33. The number of nitrogens with one attached hydrogen (secondary N) is 1. The zero-order chi connectivity index (χ0) is 23.7. The van der Waals surface area contributed by atoms with E-state index in [1.165, 1.54) is 5.56 Å². The first kappa shape index (κ1) is 21.6. The summed E-state index contributed by atoms with van der Waals surface area (Å²) in [6.07, 6.45) is 0. The number of aromatic nitrogens is 2. The van der Waals surface area contributed by atoms with E-state index < -0.39 is 6.04 Å². The number of hydrogen-bond acceptors (Lipinski definition) is 4. The van der Waals surface area contributed by atoms with Crippen LogP contribution >= 0.6 is 0 Å². The van der Waals surface area contributed by atoms with Crippen LogP contribution in [0.15, 0.2) is 89.1 Å². The van der Waals surface area contributed by atoms with Crippen LogP contribution in [-0.2, 0) is 6.54 Å². The molecule has 0 spiro atoms. The van der Waals surface area contributed by atoms with Crippen LogP contribution < -0.4 is 5.32 Å². The third-order valence-electron chi connectivity index (χ3n) is 6.16. The van der Waals surface area contributed by atoms with Gasteiger partial charge in [-0.25, -0.2) is 4.79 Å². The minimum absolute atomic E-state index is 0.158. The number of rotatable bonds is 5. The predicted octanol–water partition coefficient (Wildman–Crippen LogP) is 6.05. The van der Waals surface area contributed by atoms with Gasteiger partial charge in [0.05, 0.1) is 18.2 Å². The number of carbonyl (C=O) groups is 1. The van der Waals surface area contributed by atoms with Crippen molar-refractivity contribution in [3.63, 3.8) is 0 Å². The van der Waals surface area contributed by atoms with E-state index in [9.17, 15) is 4.79 Å². The standard InChI is InChI=1S/C28H26N4O2/c1-18-9-13-21(14-10-18)17-32-20(3)24(25(29-28(32)33)22-7-5-4-6-8-22)27-30-26(31-34-27)23-15-11-19(2)12-16-23/h4-16,25H,17H2,1-3H3,(H,29,33). The van der Waals surface area contributed by atoms with Crippen molar-refractivity contribution in [3.8, 4) is 11.4 Å². The molecule has 0 bridgehead atoms. The number of aryl methyl sites for hydroxylation is 2. The van der Waals surface area contributed by atoms with Gasteiger partial charge in [0.2, 0.25) is 5.82 Å². The monoisotopic (exact) mass is 450 g/mol. The lowest BCUT2D eigenvalue weighted by molar-refractivity contribution is 0.203. The molecule has 2 amide bonds. The molecule has 1 N–H and O–H groups in total. The topological polar surface area (TPSA) is 71.3 Å². The fraction of sp³-hybridized carbons (Fsp3) is 0.179. The second-order valence-corrected chi connectivity index (χ2v) is 8.65. The van der Waals surface area contributed by atoms with Crippen LogP contribution in [0, 0.1) is 13.8 Å². The zero-order valence-electron chi connectivity index (χ0n) is 19.4. The Morgan fingerprint density at radius 3 is 2.21 bits per heavy atom. The lowest BCUT2D eigenvalue weighted by atomic mass is 9.94. The fourth-order valence-electron chi connectivity index (χ4n) is 4.17. The van der Waals surface area contributed by atoms with Gasteiger partial charge in [0.25, 0.3) is 5.89 Å². The lowest BCUT2D eigenvalue weighted by Gasteiger charge is -2.35. The van der Waals surface area contributed by atoms with E-state index in [0.29, 0.717) is 18.3 Å². The van der Waals surface area contributed by atoms with Gasteiger partial charge >= 0.3 is 6.03 Å². The van der Waals surface area contributed by atoms with Gasteiger partial charge in [0.15, 0.2) is 0 Å². The summed E-state index contributed by atoms with van der Waals surface area (Å²) < 4.78 is 5.76. The lowest BCUT2D eigenvalue weighted by Crippen LogP contribution is -2.45. The maximum absolute atomic E-state index is 13.2. The number of amides is 2. The molecule has 3 aromatic carbocycles. The molecule has 0 aliphatic carbocycles. The highest BCUT2D eigenvalue weighted by atomic mass is 16.5. The summed E-state index contributed by atoms with van der Waals surface area (Å²) in [5.41, 5.74) is 6.81. The van der Waals surface area contributed by atoms with E-state index in [-0.39, 0.29) is 6.03 Å². The molecule has 6 nitrogen and oxygen atoms in total. The molecule has 0 saturated carbocycles. The highest BCUT2D eigenvalue weighted by molar-refractivity contribution is 5.86. The zero-order valence-corrected chi connectivity index (χ0v) is 19.4. The highest BCUT2D eigenvalue weighted by Gasteiger charge is 2.35. The van der Waals surface area contributed by atoms with Crippen molar-refractivity contribution in [1.29, 1.82) is 0 Å². The summed E-state index contributed by atoms with van der Waals surface area (Å²) in [6, 6.07) is 25.5. The molecule has 1 unspecified atom stereocenters. The van der Waals surface area contributed by atoms with Crippen LogP contribution in [0.4, 0.5) is 4.79 Å². The molecule has 1 aromatic heterocycles. The third-order valence-corrected chi connectivity index (χ3v) is 6.16. The summed E-state index contributed by atoms with van der Waals surface area (Å²) in [5, 5.41) is 7.39. The Labute approximate surface area is 198 Å². The maximum Gasteiger partial charge on any atom is 0.322 e. The molecule has 170 valence electrons. The second kappa shape index (κ2) is 8.98. The van der Waals surface area contributed by atoms with Gasteiger partial charge in [-0.2, -0.15) is 4.98 Å².